The number of carbonyl (C=O) groups excluding carboxylic acids is 2. The molecule has 0 unspecified atom stereocenters. The fourth-order valence-corrected chi connectivity index (χ4v) is 3.13. The summed E-state index contributed by atoms with van der Waals surface area (Å²) in [4.78, 5) is 23.3. The highest BCUT2D eigenvalue weighted by molar-refractivity contribution is 7.08. The monoisotopic (exact) mass is 307 g/mol. The van der Waals surface area contributed by atoms with Gasteiger partial charge in [-0.15, -0.1) is 0 Å². The molecule has 2 atom stereocenters. The van der Waals surface area contributed by atoms with Crippen LogP contribution in [0.25, 0.3) is 6.08 Å². The topological polar surface area (TPSA) is 55.4 Å². The molecule has 1 aromatic rings. The number of ether oxygens (including phenoxy) is 1. The van der Waals surface area contributed by atoms with Crippen molar-refractivity contribution in [2.45, 2.75) is 38.6 Å². The van der Waals surface area contributed by atoms with Gasteiger partial charge in [0.05, 0.1) is 0 Å². The second-order valence-electron chi connectivity index (χ2n) is 5.43. The van der Waals surface area contributed by atoms with Crippen LogP contribution < -0.4 is 5.32 Å². The zero-order chi connectivity index (χ0) is 15.1. The number of nitrogens with one attached hydrogen (secondary N) is 1. The molecule has 1 heterocycles. The van der Waals surface area contributed by atoms with Crippen molar-refractivity contribution in [1.29, 1.82) is 0 Å². The van der Waals surface area contributed by atoms with Crippen molar-refractivity contribution in [3.05, 3.63) is 28.5 Å². The molecule has 1 fully saturated rings. The van der Waals surface area contributed by atoms with Gasteiger partial charge in [-0.25, -0.2) is 4.79 Å². The summed E-state index contributed by atoms with van der Waals surface area (Å²) >= 11 is 1.56. The second-order valence-corrected chi connectivity index (χ2v) is 6.21. The van der Waals surface area contributed by atoms with E-state index in [-0.39, 0.29) is 18.6 Å². The minimum absolute atomic E-state index is 0.212. The van der Waals surface area contributed by atoms with E-state index in [1.807, 2.05) is 16.8 Å². The van der Waals surface area contributed by atoms with Crippen molar-refractivity contribution in [3.8, 4) is 0 Å². The fourth-order valence-electron chi connectivity index (χ4n) is 2.50. The Kier molecular flexibility index (Phi) is 5.99. The van der Waals surface area contributed by atoms with E-state index in [2.05, 4.69) is 12.2 Å². The zero-order valence-corrected chi connectivity index (χ0v) is 13.0. The smallest absolute Gasteiger partial charge is 0.331 e. The van der Waals surface area contributed by atoms with Crippen LogP contribution in [0.15, 0.2) is 22.9 Å². The van der Waals surface area contributed by atoms with Crippen LogP contribution >= 0.6 is 11.3 Å². The van der Waals surface area contributed by atoms with Crippen molar-refractivity contribution in [2.75, 3.05) is 6.61 Å². The van der Waals surface area contributed by atoms with E-state index < -0.39 is 5.97 Å². The summed E-state index contributed by atoms with van der Waals surface area (Å²) in [6.45, 7) is 1.94. The molecule has 1 aliphatic carbocycles. The highest BCUT2D eigenvalue weighted by Gasteiger charge is 2.22. The Balaban J connectivity index is 1.69. The molecule has 1 aliphatic rings. The third-order valence-corrected chi connectivity index (χ3v) is 4.46. The summed E-state index contributed by atoms with van der Waals surface area (Å²) in [5.74, 6) is -0.212. The van der Waals surface area contributed by atoms with Crippen LogP contribution in [0.4, 0.5) is 0 Å². The number of esters is 1. The molecule has 2 rings (SSSR count). The van der Waals surface area contributed by atoms with Gasteiger partial charge in [-0.3, -0.25) is 4.79 Å². The number of carbonyl (C=O) groups is 2. The molecule has 1 N–H and O–H groups in total. The van der Waals surface area contributed by atoms with Crippen LogP contribution in [0, 0.1) is 5.92 Å². The van der Waals surface area contributed by atoms with Crippen molar-refractivity contribution < 1.29 is 14.3 Å². The quantitative estimate of drug-likeness (QED) is 0.672. The van der Waals surface area contributed by atoms with Gasteiger partial charge in [-0.2, -0.15) is 11.3 Å². The van der Waals surface area contributed by atoms with Gasteiger partial charge in [0.25, 0.3) is 5.91 Å². The molecule has 114 valence electrons. The molecule has 4 nitrogen and oxygen atoms in total. The minimum Gasteiger partial charge on any atom is -0.452 e. The molecular weight excluding hydrogens is 286 g/mol. The molecule has 0 saturated heterocycles. The van der Waals surface area contributed by atoms with Crippen LogP contribution in [0.5, 0.6) is 0 Å². The maximum atomic E-state index is 11.8. The maximum Gasteiger partial charge on any atom is 0.331 e. The molecular formula is C16H21NO3S. The van der Waals surface area contributed by atoms with E-state index in [0.29, 0.717) is 5.92 Å². The lowest BCUT2D eigenvalue weighted by atomic mass is 9.86. The van der Waals surface area contributed by atoms with Gasteiger partial charge >= 0.3 is 5.97 Å². The summed E-state index contributed by atoms with van der Waals surface area (Å²) in [6.07, 6.45) is 7.57. The summed E-state index contributed by atoms with van der Waals surface area (Å²) in [6, 6.07) is 2.12. The van der Waals surface area contributed by atoms with E-state index in [1.54, 1.807) is 17.4 Å². The zero-order valence-electron chi connectivity index (χ0n) is 12.2. The van der Waals surface area contributed by atoms with Gasteiger partial charge in [-0.1, -0.05) is 19.8 Å². The molecule has 0 bridgehead atoms. The third-order valence-electron chi connectivity index (χ3n) is 3.76. The summed E-state index contributed by atoms with van der Waals surface area (Å²) < 4.78 is 4.94. The molecule has 21 heavy (non-hydrogen) atoms. The second kappa shape index (κ2) is 7.98. The Morgan fingerprint density at radius 2 is 2.24 bits per heavy atom. The van der Waals surface area contributed by atoms with Gasteiger partial charge in [-0.05, 0) is 47.2 Å². The predicted octanol–water partition coefficient (Wildman–Crippen LogP) is 3.00. The minimum atomic E-state index is -0.493. The Hall–Kier alpha value is -1.62. The van der Waals surface area contributed by atoms with Crippen molar-refractivity contribution in [2.24, 2.45) is 5.92 Å². The van der Waals surface area contributed by atoms with Gasteiger partial charge in [0.15, 0.2) is 6.61 Å². The van der Waals surface area contributed by atoms with Crippen LogP contribution in [0.3, 0.4) is 0 Å². The number of hydrogen-bond donors (Lipinski definition) is 1. The van der Waals surface area contributed by atoms with Crippen molar-refractivity contribution in [3.63, 3.8) is 0 Å². The Labute approximate surface area is 129 Å². The van der Waals surface area contributed by atoms with E-state index >= 15 is 0 Å². The molecule has 0 spiro atoms. The number of thiophene rings is 1. The fraction of sp³-hybridized carbons (Fsp3) is 0.500. The lowest BCUT2D eigenvalue weighted by Gasteiger charge is -2.29. The van der Waals surface area contributed by atoms with Crippen LogP contribution in [0.1, 0.15) is 38.2 Å². The van der Waals surface area contributed by atoms with Crippen molar-refractivity contribution >= 4 is 29.3 Å². The lowest BCUT2D eigenvalue weighted by Crippen LogP contribution is -2.42. The molecule has 1 saturated carbocycles. The maximum absolute atomic E-state index is 11.8. The molecule has 1 aromatic heterocycles. The Bertz CT molecular complexity index is 496. The van der Waals surface area contributed by atoms with E-state index in [9.17, 15) is 9.59 Å². The average Bonchev–Trinajstić information content (AvgIpc) is 2.99. The number of amides is 1. The van der Waals surface area contributed by atoms with Gasteiger partial charge in [0, 0.05) is 12.1 Å². The van der Waals surface area contributed by atoms with E-state index in [4.69, 9.17) is 4.74 Å². The van der Waals surface area contributed by atoms with E-state index in [1.165, 1.54) is 12.5 Å². The molecule has 1 amide bonds. The van der Waals surface area contributed by atoms with Crippen LogP contribution in [-0.2, 0) is 14.3 Å². The van der Waals surface area contributed by atoms with Crippen molar-refractivity contribution in [1.82, 2.24) is 5.32 Å². The first kappa shape index (κ1) is 15.8. The molecule has 0 radical (unpaired) electrons. The summed E-state index contributed by atoms with van der Waals surface area (Å²) in [5.41, 5.74) is 0.956. The van der Waals surface area contributed by atoms with Crippen LogP contribution in [-0.4, -0.2) is 24.5 Å². The number of rotatable bonds is 5. The summed E-state index contributed by atoms with van der Waals surface area (Å²) in [5, 5.41) is 6.82. The Morgan fingerprint density at radius 3 is 2.95 bits per heavy atom. The van der Waals surface area contributed by atoms with Gasteiger partial charge in [0.1, 0.15) is 0 Å². The van der Waals surface area contributed by atoms with Gasteiger partial charge < -0.3 is 10.1 Å². The number of hydrogen-bond acceptors (Lipinski definition) is 4. The first-order chi connectivity index (χ1) is 10.1. The third kappa shape index (κ3) is 5.34. The average molecular weight is 307 g/mol. The first-order valence-corrected chi connectivity index (χ1v) is 8.26. The first-order valence-electron chi connectivity index (χ1n) is 7.31. The SMILES string of the molecule is C[C@H]1CCCC[C@H]1NC(=O)COC(=O)/C=C/c1ccsc1. The molecule has 0 aliphatic heterocycles. The largest absolute Gasteiger partial charge is 0.452 e. The molecule has 5 heteroatoms. The standard InChI is InChI=1S/C16H21NO3S/c1-12-4-2-3-5-14(12)17-15(18)10-20-16(19)7-6-13-8-9-21-11-13/h6-9,11-12,14H,2-5,10H2,1H3,(H,17,18)/b7-6+/t12-,14+/m0/s1. The van der Waals surface area contributed by atoms with Crippen LogP contribution in [0.2, 0.25) is 0 Å². The lowest BCUT2D eigenvalue weighted by molar-refractivity contribution is -0.144. The normalized spacial score (nSPS) is 22.1. The van der Waals surface area contributed by atoms with Gasteiger partial charge in [0.2, 0.25) is 0 Å². The molecule has 0 aromatic carbocycles. The predicted molar refractivity (Wildman–Crippen MR) is 83.9 cm³/mol. The van der Waals surface area contributed by atoms with E-state index in [0.717, 1.165) is 24.8 Å². The highest BCUT2D eigenvalue weighted by atomic mass is 32.1. The Morgan fingerprint density at radius 1 is 1.43 bits per heavy atom. The highest BCUT2D eigenvalue weighted by Crippen LogP contribution is 2.23. The summed E-state index contributed by atoms with van der Waals surface area (Å²) in [7, 11) is 0.